The molecule has 1 aromatic heterocycles. The summed E-state index contributed by atoms with van der Waals surface area (Å²) in [6.07, 6.45) is -2.28. The van der Waals surface area contributed by atoms with Crippen molar-refractivity contribution in [2.24, 2.45) is 0 Å². The average molecular weight is 1050 g/mol. The van der Waals surface area contributed by atoms with Crippen molar-refractivity contribution in [3.8, 4) is 28.6 Å². The lowest BCUT2D eigenvalue weighted by Crippen LogP contribution is -2.51. The fraction of sp³-hybridized carbons (Fsp3) is 0.250. The summed E-state index contributed by atoms with van der Waals surface area (Å²) >= 11 is 1.90. The lowest BCUT2D eigenvalue weighted by atomic mass is 10.2. The molecule has 3 N–H and O–H groups in total. The molecule has 1 saturated heterocycles. The zero-order chi connectivity index (χ0) is 47.0. The van der Waals surface area contributed by atoms with Crippen LogP contribution in [0.15, 0.2) is 125 Å². The van der Waals surface area contributed by atoms with E-state index in [0.717, 1.165) is 20.8 Å². The predicted octanol–water partition coefficient (Wildman–Crippen LogP) is 5.35. The molecule has 1 fully saturated rings. The second kappa shape index (κ2) is 20.9. The number of hydrogen-bond acceptors (Lipinski definition) is 13. The Kier molecular flexibility index (Phi) is 15.1. The van der Waals surface area contributed by atoms with Crippen LogP contribution in [-0.2, 0) is 51.0 Å². The number of alkyl carbamates (subject to hydrolysis) is 1. The minimum atomic E-state index is -4.92. The molecule has 346 valence electrons. The highest BCUT2D eigenvalue weighted by Crippen LogP contribution is 2.38. The van der Waals surface area contributed by atoms with Gasteiger partial charge in [-0.05, 0) is 98.6 Å². The minimum Gasteiger partial charge on any atom is -0.497 e. The first kappa shape index (κ1) is 47.6. The van der Waals surface area contributed by atoms with Crippen LogP contribution >= 0.6 is 22.6 Å². The Morgan fingerprint density at radius 1 is 0.742 bits per heavy atom. The number of carbonyl (C=O) groups is 2. The Hall–Kier alpha value is -6.34. The lowest BCUT2D eigenvalue weighted by molar-refractivity contribution is 0.133. The maximum Gasteiger partial charge on any atom is 0.407 e. The van der Waals surface area contributed by atoms with Gasteiger partial charge in [0, 0.05) is 29.7 Å². The van der Waals surface area contributed by atoms with E-state index in [1.54, 1.807) is 110 Å². The van der Waals surface area contributed by atoms with Crippen LogP contribution in [-0.4, -0.2) is 110 Å². The van der Waals surface area contributed by atoms with Crippen LogP contribution in [0.25, 0.3) is 11.4 Å². The zero-order valence-corrected chi connectivity index (χ0v) is 39.6. The number of hydrogen-bond donors (Lipinski definition) is 3. The number of likely N-dealkylation sites (tertiary alicyclic amines) is 1. The molecular formula is C44H45IN8O11S2. The number of rotatable bonds is 18. The molecule has 66 heavy (non-hydrogen) atoms. The molecule has 2 amide bonds. The fourth-order valence-electron chi connectivity index (χ4n) is 7.15. The van der Waals surface area contributed by atoms with Gasteiger partial charge in [0.2, 0.25) is 25.9 Å². The molecule has 0 aliphatic carbocycles. The molecule has 19 nitrogen and oxygen atoms in total. The monoisotopic (exact) mass is 1050 g/mol. The summed E-state index contributed by atoms with van der Waals surface area (Å²) in [5.41, 5.74) is 2.42. The van der Waals surface area contributed by atoms with E-state index in [9.17, 15) is 23.1 Å². The molecule has 0 saturated carbocycles. The van der Waals surface area contributed by atoms with Crippen LogP contribution in [0, 0.1) is 3.57 Å². The number of carbonyl (C=O) groups excluding carboxylic acids is 1. The molecule has 2 heterocycles. The highest BCUT2D eigenvalue weighted by Gasteiger charge is 2.42. The van der Waals surface area contributed by atoms with E-state index in [1.807, 2.05) is 22.6 Å². The van der Waals surface area contributed by atoms with E-state index in [0.29, 0.717) is 33.9 Å². The second-order valence-corrected chi connectivity index (χ2v) is 19.7. The van der Waals surface area contributed by atoms with Gasteiger partial charge < -0.3 is 34.3 Å². The second-order valence-electron chi connectivity index (χ2n) is 14.9. The van der Waals surface area contributed by atoms with Crippen molar-refractivity contribution in [1.29, 1.82) is 0 Å². The molecule has 0 radical (unpaired) electrons. The number of ether oxygens (including phenoxy) is 4. The van der Waals surface area contributed by atoms with Crippen molar-refractivity contribution in [2.45, 2.75) is 48.1 Å². The summed E-state index contributed by atoms with van der Waals surface area (Å²) in [6.45, 7) is -1.11. The van der Waals surface area contributed by atoms with E-state index < -0.39 is 54.1 Å². The van der Waals surface area contributed by atoms with Crippen molar-refractivity contribution in [1.82, 2.24) is 39.5 Å². The van der Waals surface area contributed by atoms with Crippen LogP contribution < -0.4 is 24.2 Å². The number of aromatic nitrogens is 4. The number of halogens is 1. The van der Waals surface area contributed by atoms with Crippen LogP contribution in [0.2, 0.25) is 0 Å². The predicted molar refractivity (Wildman–Crippen MR) is 248 cm³/mol. The maximum absolute atomic E-state index is 15.7. The summed E-state index contributed by atoms with van der Waals surface area (Å²) < 4.78 is 86.4. The first-order valence-electron chi connectivity index (χ1n) is 20.1. The molecule has 5 aromatic carbocycles. The van der Waals surface area contributed by atoms with E-state index >= 15 is 8.42 Å². The van der Waals surface area contributed by atoms with Crippen molar-refractivity contribution >= 4 is 54.8 Å². The third-order valence-electron chi connectivity index (χ3n) is 10.6. The highest BCUT2D eigenvalue weighted by molar-refractivity contribution is 14.1. The molecule has 6 aromatic rings. The molecule has 2 atom stereocenters. The number of nitrogens with one attached hydrogen (secondary N) is 2. The number of sulfonamides is 2. The van der Waals surface area contributed by atoms with Crippen molar-refractivity contribution in [2.75, 3.05) is 34.4 Å². The van der Waals surface area contributed by atoms with Gasteiger partial charge in [-0.25, -0.2) is 31.1 Å². The van der Waals surface area contributed by atoms with Gasteiger partial charge in [-0.3, -0.25) is 0 Å². The topological polar surface area (TPSA) is 234 Å². The third-order valence-corrected chi connectivity index (χ3v) is 15.0. The van der Waals surface area contributed by atoms with Gasteiger partial charge in [-0.15, -0.1) is 10.2 Å². The van der Waals surface area contributed by atoms with Crippen LogP contribution in [0.5, 0.6) is 17.2 Å². The molecule has 22 heteroatoms. The number of benzene rings is 5. The summed E-state index contributed by atoms with van der Waals surface area (Å²) in [5, 5.41) is 25.6. The summed E-state index contributed by atoms with van der Waals surface area (Å²) in [5.74, 6) is 1.53. The number of carboxylic acid groups (broad SMARTS) is 1. The Bertz CT molecular complexity index is 2820. The molecule has 2 unspecified atom stereocenters. The fourth-order valence-corrected chi connectivity index (χ4v) is 11.7. The van der Waals surface area contributed by atoms with E-state index in [4.69, 9.17) is 18.9 Å². The number of amides is 2. The Balaban J connectivity index is 1.32. The van der Waals surface area contributed by atoms with Gasteiger partial charge in [0.1, 0.15) is 33.6 Å². The Morgan fingerprint density at radius 3 is 1.83 bits per heavy atom. The van der Waals surface area contributed by atoms with Gasteiger partial charge in [0.25, 0.3) is 0 Å². The summed E-state index contributed by atoms with van der Waals surface area (Å²) in [7, 11) is -5.27. The third kappa shape index (κ3) is 11.4. The largest absolute Gasteiger partial charge is 0.497 e. The Morgan fingerprint density at radius 2 is 1.29 bits per heavy atom. The van der Waals surface area contributed by atoms with Gasteiger partial charge in [-0.1, -0.05) is 66.7 Å². The first-order chi connectivity index (χ1) is 31.7. The van der Waals surface area contributed by atoms with E-state index in [2.05, 4.69) is 25.4 Å². The molecule has 1 aliphatic heterocycles. The number of nitrogens with zero attached hydrogens (tertiary/aromatic N) is 6. The molecule has 7 rings (SSSR count). The van der Waals surface area contributed by atoms with Gasteiger partial charge in [0.15, 0.2) is 0 Å². The van der Waals surface area contributed by atoms with Crippen LogP contribution in [0.1, 0.15) is 22.3 Å². The highest BCUT2D eigenvalue weighted by atomic mass is 127. The minimum absolute atomic E-state index is 0.104. The quantitative estimate of drug-likeness (QED) is 0.0922. The molecule has 0 bridgehead atoms. The Labute approximate surface area is 394 Å². The first-order valence-corrected chi connectivity index (χ1v) is 24.1. The van der Waals surface area contributed by atoms with Gasteiger partial charge >= 0.3 is 12.2 Å². The summed E-state index contributed by atoms with van der Waals surface area (Å²) in [6, 6.07) is 29.6. The average Bonchev–Trinajstić information content (AvgIpc) is 3.95. The lowest BCUT2D eigenvalue weighted by Gasteiger charge is -2.26. The SMILES string of the molecule is COc1ccc(CN(Cc2ccc(OC)cc2)S(=O)(=O)c2c(S(=O)(=O)NC3CN(C(=O)O)CC3NC(=O)OCc3ccccc3)ccc(I)c2-c2nnn(Cc3ccc(OC)cc3)n2)cc1. The molecule has 0 spiro atoms. The zero-order valence-electron chi connectivity index (χ0n) is 35.8. The van der Waals surface area contributed by atoms with Crippen molar-refractivity contribution in [3.05, 3.63) is 141 Å². The molecule has 1 aliphatic rings. The number of tetrazole rings is 1. The smallest absolute Gasteiger partial charge is 0.407 e. The van der Waals surface area contributed by atoms with Crippen molar-refractivity contribution < 1.29 is 50.5 Å². The maximum atomic E-state index is 15.7. The van der Waals surface area contributed by atoms with E-state index in [-0.39, 0.29) is 54.3 Å². The normalized spacial score (nSPS) is 15.1. The van der Waals surface area contributed by atoms with E-state index in [1.165, 1.54) is 25.1 Å². The van der Waals surface area contributed by atoms with Gasteiger partial charge in [-0.2, -0.15) is 9.10 Å². The number of methoxy groups -OCH3 is 3. The molecular weight excluding hydrogens is 1010 g/mol. The standard InChI is InChI=1S/C44H45IN8O11S2/c1-61-33-15-9-29(10-16-33)23-52(24-30-11-17-34(62-2)18-12-30)66(59,60)41-39(22-21-36(45)40(41)42-47-50-53(48-42)25-31-13-19-35(63-3)20-14-31)65(57,58)49-38-27-51(44(55)56)26-37(38)46-43(54)64-28-32-7-5-4-6-8-32/h4-22,37-38,49H,23-28H2,1-3H3,(H,46,54)(H,55,56). The van der Waals surface area contributed by atoms with Crippen LogP contribution in [0.4, 0.5) is 9.59 Å². The summed E-state index contributed by atoms with van der Waals surface area (Å²) in [4.78, 5) is 26.1. The van der Waals surface area contributed by atoms with Crippen LogP contribution in [0.3, 0.4) is 0 Å². The van der Waals surface area contributed by atoms with Crippen molar-refractivity contribution in [3.63, 3.8) is 0 Å². The van der Waals surface area contributed by atoms with Gasteiger partial charge in [0.05, 0.1) is 45.5 Å².